The van der Waals surface area contributed by atoms with Gasteiger partial charge in [0.25, 0.3) is 0 Å². The second-order valence-corrected chi connectivity index (χ2v) is 4.44. The fourth-order valence-corrected chi connectivity index (χ4v) is 2.12. The van der Waals surface area contributed by atoms with Crippen molar-refractivity contribution in [2.75, 3.05) is 5.32 Å². The third-order valence-corrected chi connectivity index (χ3v) is 3.17. The van der Waals surface area contributed by atoms with Gasteiger partial charge in [-0.05, 0) is 41.1 Å². The van der Waals surface area contributed by atoms with Gasteiger partial charge in [0.15, 0.2) is 0 Å². The molecule has 1 aromatic carbocycles. The molecule has 90 valence electrons. The smallest absolute Gasteiger partial charge is 0.147 e. The molecule has 0 fully saturated rings. The van der Waals surface area contributed by atoms with E-state index in [1.807, 2.05) is 23.7 Å². The Labute approximate surface area is 108 Å². The van der Waals surface area contributed by atoms with Gasteiger partial charge >= 0.3 is 0 Å². The Morgan fingerprint density at radius 3 is 2.94 bits per heavy atom. The highest BCUT2D eigenvalue weighted by Gasteiger charge is 2.07. The van der Waals surface area contributed by atoms with Crippen molar-refractivity contribution in [2.45, 2.75) is 20.0 Å². The van der Waals surface area contributed by atoms with Crippen molar-refractivity contribution in [3.8, 4) is 0 Å². The van der Waals surface area contributed by atoms with E-state index < -0.39 is 0 Å². The molecule has 1 N–H and O–H groups in total. The van der Waals surface area contributed by atoms with E-state index in [0.29, 0.717) is 12.2 Å². The number of hydrogen-bond acceptors (Lipinski definition) is 2. The Morgan fingerprint density at radius 1 is 1.41 bits per heavy atom. The van der Waals surface area contributed by atoms with Gasteiger partial charge in [0, 0.05) is 17.2 Å². The number of hydrogen-bond donors (Lipinski definition) is 1. The summed E-state index contributed by atoms with van der Waals surface area (Å²) in [5.74, 6) is -0.262. The van der Waals surface area contributed by atoms with Crippen LogP contribution in [-0.4, -0.2) is 9.78 Å². The Balaban J connectivity index is 2.13. The van der Waals surface area contributed by atoms with E-state index in [9.17, 15) is 4.39 Å². The number of nitrogens with zero attached hydrogens (tertiary/aromatic N) is 2. The molecule has 1 heterocycles. The maximum atomic E-state index is 13.5. The largest absolute Gasteiger partial charge is 0.376 e. The van der Waals surface area contributed by atoms with E-state index in [1.165, 1.54) is 6.07 Å². The minimum atomic E-state index is -0.262. The minimum Gasteiger partial charge on any atom is -0.376 e. The standard InChI is InChI=1S/C12H13BrFN3/c1-2-17-9(6-7-16-17)8-15-12-10(13)4-3-5-11(12)14/h3-7,15H,2,8H2,1H3. The van der Waals surface area contributed by atoms with Gasteiger partial charge in [0.05, 0.1) is 17.9 Å². The van der Waals surface area contributed by atoms with Crippen molar-refractivity contribution in [3.63, 3.8) is 0 Å². The monoisotopic (exact) mass is 297 g/mol. The van der Waals surface area contributed by atoms with Gasteiger partial charge in [-0.1, -0.05) is 6.07 Å². The van der Waals surface area contributed by atoms with E-state index in [1.54, 1.807) is 12.3 Å². The van der Waals surface area contributed by atoms with Crippen LogP contribution in [0.5, 0.6) is 0 Å². The van der Waals surface area contributed by atoms with Gasteiger partial charge in [-0.25, -0.2) is 4.39 Å². The average Bonchev–Trinajstić information content (AvgIpc) is 2.76. The lowest BCUT2D eigenvalue weighted by Gasteiger charge is -2.10. The summed E-state index contributed by atoms with van der Waals surface area (Å²) in [6.45, 7) is 3.38. The van der Waals surface area contributed by atoms with E-state index in [2.05, 4.69) is 26.3 Å². The summed E-state index contributed by atoms with van der Waals surface area (Å²) in [7, 11) is 0. The highest BCUT2D eigenvalue weighted by atomic mass is 79.9. The first-order valence-corrected chi connectivity index (χ1v) is 6.20. The third kappa shape index (κ3) is 2.66. The molecule has 0 saturated heterocycles. The van der Waals surface area contributed by atoms with Crippen LogP contribution in [0.2, 0.25) is 0 Å². The van der Waals surface area contributed by atoms with Gasteiger partial charge < -0.3 is 5.32 Å². The summed E-state index contributed by atoms with van der Waals surface area (Å²) in [6, 6.07) is 6.83. The molecule has 17 heavy (non-hydrogen) atoms. The summed E-state index contributed by atoms with van der Waals surface area (Å²) >= 11 is 3.32. The molecule has 0 atom stereocenters. The van der Waals surface area contributed by atoms with Gasteiger partial charge in [0.2, 0.25) is 0 Å². The lowest BCUT2D eigenvalue weighted by Crippen LogP contribution is -2.08. The fourth-order valence-electron chi connectivity index (χ4n) is 1.64. The van der Waals surface area contributed by atoms with Gasteiger partial charge in [0.1, 0.15) is 5.82 Å². The second kappa shape index (κ2) is 5.31. The average molecular weight is 298 g/mol. The molecule has 0 saturated carbocycles. The van der Waals surface area contributed by atoms with Crippen molar-refractivity contribution >= 4 is 21.6 Å². The summed E-state index contributed by atoms with van der Waals surface area (Å²) in [6.07, 6.45) is 1.75. The lowest BCUT2D eigenvalue weighted by atomic mass is 10.3. The zero-order chi connectivity index (χ0) is 12.3. The van der Waals surface area contributed by atoms with E-state index >= 15 is 0 Å². The summed E-state index contributed by atoms with van der Waals surface area (Å²) in [5, 5.41) is 7.24. The molecular weight excluding hydrogens is 285 g/mol. The van der Waals surface area contributed by atoms with Crippen LogP contribution in [0.25, 0.3) is 0 Å². The molecule has 0 radical (unpaired) electrons. The van der Waals surface area contributed by atoms with Crippen LogP contribution < -0.4 is 5.32 Å². The Hall–Kier alpha value is -1.36. The normalized spacial score (nSPS) is 10.5. The van der Waals surface area contributed by atoms with Gasteiger partial charge in [-0.3, -0.25) is 4.68 Å². The number of halogens is 2. The number of rotatable bonds is 4. The van der Waals surface area contributed by atoms with Crippen molar-refractivity contribution in [2.24, 2.45) is 0 Å². The Bertz CT molecular complexity index is 490. The van der Waals surface area contributed by atoms with Gasteiger partial charge in [-0.2, -0.15) is 5.10 Å². The molecule has 0 aliphatic heterocycles. The Morgan fingerprint density at radius 2 is 2.24 bits per heavy atom. The number of aromatic nitrogens is 2. The van der Waals surface area contributed by atoms with Crippen LogP contribution in [-0.2, 0) is 13.1 Å². The molecule has 1 aromatic heterocycles. The zero-order valence-electron chi connectivity index (χ0n) is 9.45. The van der Waals surface area contributed by atoms with Crippen LogP contribution in [0.1, 0.15) is 12.6 Å². The molecule has 2 rings (SSSR count). The summed E-state index contributed by atoms with van der Waals surface area (Å²) < 4.78 is 16.1. The highest BCUT2D eigenvalue weighted by Crippen LogP contribution is 2.25. The molecule has 2 aromatic rings. The first-order chi connectivity index (χ1) is 8.22. The lowest BCUT2D eigenvalue weighted by molar-refractivity contribution is 0.618. The predicted molar refractivity (Wildman–Crippen MR) is 69.3 cm³/mol. The first kappa shape index (κ1) is 12.1. The maximum Gasteiger partial charge on any atom is 0.147 e. The van der Waals surface area contributed by atoms with Crippen molar-refractivity contribution < 1.29 is 4.39 Å². The Kier molecular flexibility index (Phi) is 3.78. The quantitative estimate of drug-likeness (QED) is 0.937. The zero-order valence-corrected chi connectivity index (χ0v) is 11.0. The van der Waals surface area contributed by atoms with Crippen molar-refractivity contribution in [3.05, 3.63) is 46.4 Å². The van der Waals surface area contributed by atoms with Crippen LogP contribution in [0.4, 0.5) is 10.1 Å². The molecule has 0 bridgehead atoms. The summed E-state index contributed by atoms with van der Waals surface area (Å²) in [4.78, 5) is 0. The number of nitrogens with one attached hydrogen (secondary N) is 1. The molecule has 0 unspecified atom stereocenters. The van der Waals surface area contributed by atoms with Gasteiger partial charge in [-0.15, -0.1) is 0 Å². The number of aryl methyl sites for hydroxylation is 1. The minimum absolute atomic E-state index is 0.262. The highest BCUT2D eigenvalue weighted by molar-refractivity contribution is 9.10. The molecule has 0 aliphatic rings. The molecule has 5 heteroatoms. The van der Waals surface area contributed by atoms with E-state index in [-0.39, 0.29) is 5.82 Å². The van der Waals surface area contributed by atoms with Crippen LogP contribution in [0.3, 0.4) is 0 Å². The van der Waals surface area contributed by atoms with E-state index in [4.69, 9.17) is 0 Å². The molecule has 3 nitrogen and oxygen atoms in total. The molecule has 0 aliphatic carbocycles. The van der Waals surface area contributed by atoms with Crippen LogP contribution in [0, 0.1) is 5.82 Å². The number of anilines is 1. The number of benzene rings is 1. The maximum absolute atomic E-state index is 13.5. The fraction of sp³-hybridized carbons (Fsp3) is 0.250. The molecule has 0 spiro atoms. The molecule has 0 amide bonds. The second-order valence-electron chi connectivity index (χ2n) is 3.59. The third-order valence-electron chi connectivity index (χ3n) is 2.51. The van der Waals surface area contributed by atoms with Crippen LogP contribution >= 0.6 is 15.9 Å². The van der Waals surface area contributed by atoms with Crippen molar-refractivity contribution in [1.82, 2.24) is 9.78 Å². The van der Waals surface area contributed by atoms with Crippen LogP contribution in [0.15, 0.2) is 34.9 Å². The molecular formula is C12H13BrFN3. The SMILES string of the molecule is CCn1nccc1CNc1c(F)cccc1Br. The van der Waals surface area contributed by atoms with Crippen molar-refractivity contribution in [1.29, 1.82) is 0 Å². The predicted octanol–water partition coefficient (Wildman–Crippen LogP) is 3.42. The summed E-state index contributed by atoms with van der Waals surface area (Å²) in [5.41, 5.74) is 1.51. The first-order valence-electron chi connectivity index (χ1n) is 5.41. The number of para-hydroxylation sites is 1. The van der Waals surface area contributed by atoms with E-state index in [0.717, 1.165) is 16.7 Å². The topological polar surface area (TPSA) is 29.9 Å².